The second-order valence-corrected chi connectivity index (χ2v) is 7.94. The lowest BCUT2D eigenvalue weighted by Crippen LogP contribution is -2.06. The van der Waals surface area contributed by atoms with Crippen LogP contribution < -0.4 is 0 Å². The van der Waals surface area contributed by atoms with Crippen LogP contribution in [0.25, 0.3) is 22.7 Å². The number of nitrogens with zero attached hydrogens (tertiary/aromatic N) is 3. The predicted octanol–water partition coefficient (Wildman–Crippen LogP) is 3.57. The lowest BCUT2D eigenvalue weighted by atomic mass is 10.2. The Labute approximate surface area is 150 Å². The first-order chi connectivity index (χ1) is 12.5. The van der Waals surface area contributed by atoms with E-state index >= 15 is 0 Å². The summed E-state index contributed by atoms with van der Waals surface area (Å²) in [7, 11) is -3.48. The van der Waals surface area contributed by atoms with Gasteiger partial charge in [-0.25, -0.2) is 13.4 Å². The maximum absolute atomic E-state index is 12.6. The molecule has 0 amide bonds. The molecule has 0 radical (unpaired) electrons. The van der Waals surface area contributed by atoms with Gasteiger partial charge in [0.1, 0.15) is 0 Å². The van der Waals surface area contributed by atoms with E-state index in [0.717, 1.165) is 5.56 Å². The molecule has 0 aliphatic heterocycles. The molecule has 0 aliphatic carbocycles. The maximum atomic E-state index is 12.6. The fourth-order valence-corrected chi connectivity index (χ4v) is 3.87. The Kier molecular flexibility index (Phi) is 4.00. The third-order valence-corrected chi connectivity index (χ3v) is 5.61. The van der Waals surface area contributed by atoms with Crippen LogP contribution in [0.4, 0.5) is 0 Å². The zero-order valence-corrected chi connectivity index (χ0v) is 14.8. The van der Waals surface area contributed by atoms with Crippen LogP contribution >= 0.6 is 0 Å². The molecule has 3 heterocycles. The average molecular weight is 365 g/mol. The number of sulfone groups is 1. The van der Waals surface area contributed by atoms with E-state index < -0.39 is 9.84 Å². The van der Waals surface area contributed by atoms with Crippen molar-refractivity contribution >= 4 is 21.1 Å². The van der Waals surface area contributed by atoms with Crippen LogP contribution in [-0.2, 0) is 15.6 Å². The lowest BCUT2D eigenvalue weighted by molar-refractivity contribution is 0.594. The summed E-state index contributed by atoms with van der Waals surface area (Å²) >= 11 is 0. The Morgan fingerprint density at radius 2 is 1.81 bits per heavy atom. The van der Waals surface area contributed by atoms with Crippen LogP contribution in [0, 0.1) is 6.92 Å². The Morgan fingerprint density at radius 1 is 1.00 bits per heavy atom. The number of aryl methyl sites for hydroxylation is 1. The van der Waals surface area contributed by atoms with Gasteiger partial charge in [0.2, 0.25) is 5.89 Å². The van der Waals surface area contributed by atoms with E-state index in [9.17, 15) is 8.42 Å². The first-order valence-electron chi connectivity index (χ1n) is 7.97. The second kappa shape index (κ2) is 6.34. The molecule has 26 heavy (non-hydrogen) atoms. The smallest absolute Gasteiger partial charge is 0.229 e. The van der Waals surface area contributed by atoms with Crippen molar-refractivity contribution < 1.29 is 12.8 Å². The third-order valence-electron chi connectivity index (χ3n) is 3.95. The van der Waals surface area contributed by atoms with Gasteiger partial charge in [-0.2, -0.15) is 4.98 Å². The quantitative estimate of drug-likeness (QED) is 0.549. The zero-order chi connectivity index (χ0) is 18.1. The summed E-state index contributed by atoms with van der Waals surface area (Å²) in [4.78, 5) is 12.9. The first-order valence-corrected chi connectivity index (χ1v) is 9.63. The molecular weight excluding hydrogens is 350 g/mol. The Bertz CT molecular complexity index is 1150. The van der Waals surface area contributed by atoms with E-state index in [1.54, 1.807) is 60.9 Å². The topological polar surface area (TPSA) is 86.0 Å². The van der Waals surface area contributed by atoms with Gasteiger partial charge in [-0.15, -0.1) is 0 Å². The van der Waals surface area contributed by atoms with Crippen molar-refractivity contribution in [2.45, 2.75) is 17.6 Å². The van der Waals surface area contributed by atoms with E-state index in [4.69, 9.17) is 4.42 Å². The van der Waals surface area contributed by atoms with Crippen molar-refractivity contribution in [1.29, 1.82) is 0 Å². The molecule has 4 rings (SSSR count). The maximum Gasteiger partial charge on any atom is 0.229 e. The molecule has 1 aromatic carbocycles. The molecule has 6 nitrogen and oxygen atoms in total. The molecule has 0 spiro atoms. The molecule has 0 atom stereocenters. The summed E-state index contributed by atoms with van der Waals surface area (Å²) in [6.07, 6.45) is 3.19. The van der Waals surface area contributed by atoms with Crippen LogP contribution in [0.3, 0.4) is 0 Å². The van der Waals surface area contributed by atoms with Gasteiger partial charge in [0, 0.05) is 18.0 Å². The van der Waals surface area contributed by atoms with Crippen LogP contribution in [0.2, 0.25) is 0 Å². The SMILES string of the molecule is Cc1ccc(S(=O)(=O)Cc2cc(-c3nc4ncccc4o3)ccn2)cc1. The highest BCUT2D eigenvalue weighted by Gasteiger charge is 2.17. The van der Waals surface area contributed by atoms with Crippen LogP contribution in [0.1, 0.15) is 11.3 Å². The highest BCUT2D eigenvalue weighted by atomic mass is 32.2. The predicted molar refractivity (Wildman–Crippen MR) is 97.1 cm³/mol. The summed E-state index contributed by atoms with van der Waals surface area (Å²) in [5.74, 6) is 0.192. The summed E-state index contributed by atoms with van der Waals surface area (Å²) in [6.45, 7) is 1.91. The molecule has 7 heteroatoms. The molecule has 4 aromatic rings. The van der Waals surface area contributed by atoms with Crippen LogP contribution in [0.5, 0.6) is 0 Å². The normalized spacial score (nSPS) is 11.7. The molecule has 0 saturated carbocycles. The van der Waals surface area contributed by atoms with Gasteiger partial charge < -0.3 is 4.42 Å². The number of hydrogen-bond donors (Lipinski definition) is 0. The van der Waals surface area contributed by atoms with Gasteiger partial charge in [-0.3, -0.25) is 4.98 Å². The minimum absolute atomic E-state index is 0.192. The number of benzene rings is 1. The van der Waals surface area contributed by atoms with Crippen LogP contribution in [0.15, 0.2) is 70.2 Å². The Balaban J connectivity index is 1.66. The number of aromatic nitrogens is 3. The van der Waals surface area contributed by atoms with E-state index in [2.05, 4.69) is 15.0 Å². The van der Waals surface area contributed by atoms with E-state index in [0.29, 0.717) is 28.4 Å². The standard InChI is InChI=1S/C19H15N3O3S/c1-13-4-6-16(7-5-13)26(23,24)12-15-11-14(8-10-20-15)19-22-18-17(25-19)3-2-9-21-18/h2-11H,12H2,1H3. The van der Waals surface area contributed by atoms with Gasteiger partial charge in [0.25, 0.3) is 0 Å². The van der Waals surface area contributed by atoms with E-state index in [-0.39, 0.29) is 10.6 Å². The van der Waals surface area contributed by atoms with E-state index in [1.165, 1.54) is 0 Å². The Morgan fingerprint density at radius 3 is 2.58 bits per heavy atom. The summed E-state index contributed by atoms with van der Waals surface area (Å²) in [5.41, 5.74) is 3.18. The monoisotopic (exact) mass is 365 g/mol. The van der Waals surface area contributed by atoms with Crippen molar-refractivity contribution in [3.8, 4) is 11.5 Å². The van der Waals surface area contributed by atoms with Gasteiger partial charge >= 0.3 is 0 Å². The van der Waals surface area contributed by atoms with Gasteiger partial charge in [0.15, 0.2) is 21.1 Å². The second-order valence-electron chi connectivity index (χ2n) is 5.95. The zero-order valence-electron chi connectivity index (χ0n) is 14.0. The van der Waals surface area contributed by atoms with Gasteiger partial charge in [-0.05, 0) is 43.3 Å². The fourth-order valence-electron chi connectivity index (χ4n) is 2.61. The van der Waals surface area contributed by atoms with Crippen molar-refractivity contribution in [3.63, 3.8) is 0 Å². The average Bonchev–Trinajstić information content (AvgIpc) is 3.06. The van der Waals surface area contributed by atoms with Gasteiger partial charge in [-0.1, -0.05) is 17.7 Å². The van der Waals surface area contributed by atoms with E-state index in [1.807, 2.05) is 6.92 Å². The van der Waals surface area contributed by atoms with Crippen molar-refractivity contribution in [2.24, 2.45) is 0 Å². The minimum Gasteiger partial charge on any atom is -0.434 e. The minimum atomic E-state index is -3.48. The summed E-state index contributed by atoms with van der Waals surface area (Å²) < 4.78 is 30.9. The molecule has 0 aliphatic rings. The largest absolute Gasteiger partial charge is 0.434 e. The lowest BCUT2D eigenvalue weighted by Gasteiger charge is -2.05. The van der Waals surface area contributed by atoms with Gasteiger partial charge in [0.05, 0.1) is 16.3 Å². The van der Waals surface area contributed by atoms with Crippen molar-refractivity contribution in [1.82, 2.24) is 15.0 Å². The molecule has 0 saturated heterocycles. The molecular formula is C19H15N3O3S. The number of oxazole rings is 1. The van der Waals surface area contributed by atoms with Crippen molar-refractivity contribution in [3.05, 3.63) is 72.2 Å². The molecule has 3 aromatic heterocycles. The summed E-state index contributed by atoms with van der Waals surface area (Å²) in [5, 5.41) is 0. The molecule has 0 bridgehead atoms. The number of rotatable bonds is 4. The van der Waals surface area contributed by atoms with Crippen molar-refractivity contribution in [2.75, 3.05) is 0 Å². The number of pyridine rings is 2. The highest BCUT2D eigenvalue weighted by molar-refractivity contribution is 7.90. The number of hydrogen-bond acceptors (Lipinski definition) is 6. The summed E-state index contributed by atoms with van der Waals surface area (Å²) in [6, 6.07) is 13.7. The molecule has 0 fully saturated rings. The van der Waals surface area contributed by atoms with Crippen LogP contribution in [-0.4, -0.2) is 23.4 Å². The molecule has 130 valence electrons. The number of fused-ring (bicyclic) bond motifs is 1. The fraction of sp³-hybridized carbons (Fsp3) is 0.105. The first kappa shape index (κ1) is 16.4. The molecule has 0 N–H and O–H groups in total. The molecule has 0 unspecified atom stereocenters. The Hall–Kier alpha value is -3.06. The highest BCUT2D eigenvalue weighted by Crippen LogP contribution is 2.24. The third kappa shape index (κ3) is 3.21.